The summed E-state index contributed by atoms with van der Waals surface area (Å²) in [5.41, 5.74) is 3.55. The van der Waals surface area contributed by atoms with Gasteiger partial charge >= 0.3 is 0 Å². The van der Waals surface area contributed by atoms with Crippen LogP contribution in [-0.4, -0.2) is 77.0 Å². The average Bonchev–Trinajstić information content (AvgIpc) is 3.61. The molecule has 0 spiro atoms. The Balaban J connectivity index is 1.16. The van der Waals surface area contributed by atoms with E-state index in [1.54, 1.807) is 0 Å². The zero-order valence-electron chi connectivity index (χ0n) is 18.4. The van der Waals surface area contributed by atoms with Crippen LogP contribution in [0.1, 0.15) is 5.56 Å². The van der Waals surface area contributed by atoms with Crippen molar-refractivity contribution < 1.29 is 23.7 Å². The van der Waals surface area contributed by atoms with Crippen LogP contribution in [-0.2, 0) is 18.9 Å². The first-order valence-electron chi connectivity index (χ1n) is 11.5. The zero-order valence-corrected chi connectivity index (χ0v) is 18.4. The van der Waals surface area contributed by atoms with E-state index < -0.39 is 0 Å². The van der Waals surface area contributed by atoms with Crippen LogP contribution < -0.4 is 14.5 Å². The smallest absolute Gasteiger partial charge is 0.129 e. The molecule has 4 aliphatic heterocycles. The first-order valence-corrected chi connectivity index (χ1v) is 11.5. The molecule has 2 aromatic carbocycles. The van der Waals surface area contributed by atoms with Gasteiger partial charge in [-0.2, -0.15) is 0 Å². The van der Waals surface area contributed by atoms with E-state index in [-0.39, 0.29) is 0 Å². The molecular formula is C25H30N2O5. The molecule has 4 saturated heterocycles. The van der Waals surface area contributed by atoms with E-state index in [1.807, 2.05) is 12.1 Å². The van der Waals surface area contributed by atoms with Gasteiger partial charge in [0.15, 0.2) is 0 Å². The Morgan fingerprint density at radius 2 is 1.25 bits per heavy atom. The van der Waals surface area contributed by atoms with Gasteiger partial charge in [0.25, 0.3) is 0 Å². The Hall–Kier alpha value is -2.32. The molecule has 4 unspecified atom stereocenters. The monoisotopic (exact) mass is 438 g/mol. The predicted octanol–water partition coefficient (Wildman–Crippen LogP) is 3.00. The van der Waals surface area contributed by atoms with Crippen LogP contribution in [0.4, 0.5) is 11.4 Å². The van der Waals surface area contributed by atoms with Gasteiger partial charge in [-0.05, 0) is 42.8 Å². The van der Waals surface area contributed by atoms with Crippen molar-refractivity contribution in [1.29, 1.82) is 0 Å². The summed E-state index contributed by atoms with van der Waals surface area (Å²) in [6, 6.07) is 14.6. The van der Waals surface area contributed by atoms with Crippen molar-refractivity contribution in [3.63, 3.8) is 0 Å². The van der Waals surface area contributed by atoms with E-state index in [2.05, 4.69) is 47.1 Å². The predicted molar refractivity (Wildman–Crippen MR) is 121 cm³/mol. The van der Waals surface area contributed by atoms with Crippen LogP contribution in [0, 0.1) is 6.92 Å². The van der Waals surface area contributed by atoms with Crippen molar-refractivity contribution >= 4 is 11.4 Å². The summed E-state index contributed by atoms with van der Waals surface area (Å²) in [5.74, 6) is 1.68. The third-order valence-electron chi connectivity index (χ3n) is 6.23. The number of ether oxygens (including phenoxy) is 5. The minimum Gasteiger partial charge on any atom is -0.457 e. The van der Waals surface area contributed by atoms with Gasteiger partial charge < -0.3 is 33.5 Å². The number of anilines is 2. The highest BCUT2D eigenvalue weighted by Crippen LogP contribution is 2.32. The Labute approximate surface area is 188 Å². The molecule has 4 heterocycles. The van der Waals surface area contributed by atoms with Gasteiger partial charge in [-0.1, -0.05) is 6.07 Å². The minimum atomic E-state index is 0.332. The number of aryl methyl sites for hydroxylation is 1. The normalized spacial score (nSPS) is 27.0. The maximum Gasteiger partial charge on any atom is 0.129 e. The molecule has 4 fully saturated rings. The average molecular weight is 439 g/mol. The van der Waals surface area contributed by atoms with Crippen LogP contribution in [0.15, 0.2) is 42.5 Å². The molecule has 0 aromatic heterocycles. The third kappa shape index (κ3) is 5.35. The fourth-order valence-corrected chi connectivity index (χ4v) is 4.16. The zero-order chi connectivity index (χ0) is 21.5. The lowest BCUT2D eigenvalue weighted by Crippen LogP contribution is -2.32. The SMILES string of the molecule is Cc1cc(Oc2cccc(N(CC3CO3)CC3CO3)c2)ccc1N(CC1CO1)CC1CO1. The Kier molecular flexibility index (Phi) is 5.43. The minimum absolute atomic E-state index is 0.332. The van der Waals surface area contributed by atoms with Gasteiger partial charge in [0.1, 0.15) is 11.5 Å². The van der Waals surface area contributed by atoms with Crippen molar-refractivity contribution in [3.8, 4) is 11.5 Å². The van der Waals surface area contributed by atoms with Crippen LogP contribution in [0.3, 0.4) is 0 Å². The largest absolute Gasteiger partial charge is 0.457 e. The third-order valence-corrected chi connectivity index (χ3v) is 6.23. The fourth-order valence-electron chi connectivity index (χ4n) is 4.16. The van der Waals surface area contributed by atoms with Crippen LogP contribution >= 0.6 is 0 Å². The van der Waals surface area contributed by atoms with Gasteiger partial charge in [0.05, 0.1) is 50.8 Å². The first kappa shape index (κ1) is 20.3. The van der Waals surface area contributed by atoms with E-state index in [0.29, 0.717) is 24.4 Å². The molecule has 2 aromatic rings. The molecule has 0 bridgehead atoms. The van der Waals surface area contributed by atoms with Gasteiger partial charge in [-0.15, -0.1) is 0 Å². The standard InChI is InChI=1S/C25H30N2O5/c1-17-7-20(5-6-25(17)27(11-23-15-30-23)12-24-16-31-24)32-19-4-2-3-18(8-19)26(9-21-13-28-21)10-22-14-29-22/h2-8,21-24H,9-16H2,1H3. The molecule has 4 aliphatic rings. The number of epoxide rings is 4. The Bertz CT molecular complexity index is 925. The maximum atomic E-state index is 6.26. The summed E-state index contributed by atoms with van der Waals surface area (Å²) in [6.07, 6.45) is 1.35. The second-order valence-electron chi connectivity index (χ2n) is 9.18. The molecule has 170 valence electrons. The molecule has 0 aliphatic carbocycles. The molecule has 0 N–H and O–H groups in total. The highest BCUT2D eigenvalue weighted by atomic mass is 16.6. The molecule has 32 heavy (non-hydrogen) atoms. The number of hydrogen-bond donors (Lipinski definition) is 0. The summed E-state index contributed by atoms with van der Waals surface area (Å²) < 4.78 is 28.1. The van der Waals surface area contributed by atoms with Crippen molar-refractivity contribution in [2.75, 3.05) is 62.4 Å². The van der Waals surface area contributed by atoms with E-state index in [4.69, 9.17) is 23.7 Å². The lowest BCUT2D eigenvalue weighted by atomic mass is 10.1. The lowest BCUT2D eigenvalue weighted by Gasteiger charge is -2.26. The number of rotatable bonds is 12. The summed E-state index contributed by atoms with van der Waals surface area (Å²) >= 11 is 0. The van der Waals surface area contributed by atoms with E-state index >= 15 is 0 Å². The highest BCUT2D eigenvalue weighted by molar-refractivity contribution is 5.57. The summed E-state index contributed by atoms with van der Waals surface area (Å²) in [6.45, 7) is 9.15. The van der Waals surface area contributed by atoms with Crippen LogP contribution in [0.25, 0.3) is 0 Å². The molecule has 0 saturated carbocycles. The van der Waals surface area contributed by atoms with Crippen LogP contribution in [0.2, 0.25) is 0 Å². The summed E-state index contributed by atoms with van der Waals surface area (Å²) in [4.78, 5) is 4.72. The van der Waals surface area contributed by atoms with Crippen molar-refractivity contribution in [2.45, 2.75) is 31.3 Å². The quantitative estimate of drug-likeness (QED) is 0.472. The second kappa shape index (κ2) is 8.56. The van der Waals surface area contributed by atoms with Gasteiger partial charge in [0, 0.05) is 43.6 Å². The maximum absolute atomic E-state index is 6.26. The van der Waals surface area contributed by atoms with Crippen molar-refractivity contribution in [1.82, 2.24) is 0 Å². The molecular weight excluding hydrogens is 408 g/mol. The van der Waals surface area contributed by atoms with Gasteiger partial charge in [-0.3, -0.25) is 0 Å². The van der Waals surface area contributed by atoms with E-state index in [9.17, 15) is 0 Å². The number of hydrogen-bond acceptors (Lipinski definition) is 7. The topological polar surface area (TPSA) is 65.8 Å². The van der Waals surface area contributed by atoms with Gasteiger partial charge in [0.2, 0.25) is 0 Å². The number of benzene rings is 2. The molecule has 7 heteroatoms. The first-order chi connectivity index (χ1) is 15.7. The Morgan fingerprint density at radius 1 is 0.719 bits per heavy atom. The molecule has 0 amide bonds. The van der Waals surface area contributed by atoms with E-state index in [0.717, 1.165) is 69.8 Å². The number of nitrogens with zero attached hydrogens (tertiary/aromatic N) is 2. The van der Waals surface area contributed by atoms with E-state index in [1.165, 1.54) is 11.3 Å². The highest BCUT2D eigenvalue weighted by Gasteiger charge is 2.32. The lowest BCUT2D eigenvalue weighted by molar-refractivity contribution is 0.388. The summed E-state index contributed by atoms with van der Waals surface area (Å²) in [5, 5.41) is 0. The molecule has 0 radical (unpaired) electrons. The summed E-state index contributed by atoms with van der Waals surface area (Å²) in [7, 11) is 0. The molecule has 7 nitrogen and oxygen atoms in total. The fraction of sp³-hybridized carbons (Fsp3) is 0.520. The molecule has 6 rings (SSSR count). The second-order valence-corrected chi connectivity index (χ2v) is 9.18. The van der Waals surface area contributed by atoms with Crippen LogP contribution in [0.5, 0.6) is 11.5 Å². The Morgan fingerprint density at radius 3 is 1.78 bits per heavy atom. The molecule has 4 atom stereocenters. The van der Waals surface area contributed by atoms with Gasteiger partial charge in [-0.25, -0.2) is 0 Å². The van der Waals surface area contributed by atoms with Crippen molar-refractivity contribution in [3.05, 3.63) is 48.0 Å². The van der Waals surface area contributed by atoms with Crippen molar-refractivity contribution in [2.24, 2.45) is 0 Å².